The second-order valence-corrected chi connectivity index (χ2v) is 3.51. The van der Waals surface area contributed by atoms with Crippen molar-refractivity contribution in [3.05, 3.63) is 59.9 Å². The van der Waals surface area contributed by atoms with Gasteiger partial charge in [0.1, 0.15) is 0 Å². The van der Waals surface area contributed by atoms with Gasteiger partial charge in [0.2, 0.25) is 0 Å². The summed E-state index contributed by atoms with van der Waals surface area (Å²) in [6.45, 7) is 0. The molecule has 0 bridgehead atoms. The number of fused-ring (bicyclic) bond motifs is 1. The van der Waals surface area contributed by atoms with E-state index in [1.807, 2.05) is 36.4 Å². The lowest BCUT2D eigenvalue weighted by atomic mass is 9.99. The summed E-state index contributed by atoms with van der Waals surface area (Å²) in [5, 5.41) is 2.36. The fourth-order valence-electron chi connectivity index (χ4n) is 1.84. The molecule has 0 aliphatic carbocycles. The van der Waals surface area contributed by atoms with Crippen molar-refractivity contribution < 1.29 is 0 Å². The van der Waals surface area contributed by atoms with E-state index >= 15 is 0 Å². The number of benzene rings is 2. The Balaban J connectivity index is 2.76. The van der Waals surface area contributed by atoms with Crippen LogP contribution in [0.2, 0.25) is 0 Å². The van der Waals surface area contributed by atoms with Crippen LogP contribution in [0, 0.1) is 0 Å². The van der Waals surface area contributed by atoms with Crippen LogP contribution < -0.4 is 11.5 Å². The molecule has 2 nitrogen and oxygen atoms in total. The smallest absolute Gasteiger partial charge is 0.00561 e. The van der Waals surface area contributed by atoms with Crippen molar-refractivity contribution in [1.29, 1.82) is 0 Å². The SMILES string of the molecule is N/C=C/c1ccc(/C=C/N)c2ccccc12. The molecule has 0 amide bonds. The molecule has 0 fully saturated rings. The second-order valence-electron chi connectivity index (χ2n) is 3.51. The summed E-state index contributed by atoms with van der Waals surface area (Å²) in [6, 6.07) is 12.3. The number of rotatable bonds is 2. The van der Waals surface area contributed by atoms with Gasteiger partial charge in [-0.2, -0.15) is 0 Å². The Morgan fingerprint density at radius 3 is 1.50 bits per heavy atom. The minimum absolute atomic E-state index is 1.12. The summed E-state index contributed by atoms with van der Waals surface area (Å²) in [5.74, 6) is 0. The van der Waals surface area contributed by atoms with E-state index in [1.165, 1.54) is 10.8 Å². The summed E-state index contributed by atoms with van der Waals surface area (Å²) in [6.07, 6.45) is 6.91. The molecule has 0 aliphatic rings. The van der Waals surface area contributed by atoms with Gasteiger partial charge in [0, 0.05) is 0 Å². The third kappa shape index (κ3) is 1.77. The molecule has 2 aromatic carbocycles. The van der Waals surface area contributed by atoms with Crippen LogP contribution in [0.25, 0.3) is 22.9 Å². The molecule has 2 aromatic rings. The molecule has 0 aromatic heterocycles. The maximum atomic E-state index is 5.43. The highest BCUT2D eigenvalue weighted by Gasteiger charge is 2.00. The number of hydrogen-bond donors (Lipinski definition) is 2. The normalized spacial score (nSPS) is 11.8. The van der Waals surface area contributed by atoms with Gasteiger partial charge in [0.15, 0.2) is 0 Å². The highest BCUT2D eigenvalue weighted by molar-refractivity contribution is 5.96. The standard InChI is InChI=1S/C14H14N2/c15-9-7-11-5-6-12(8-10-16)14-4-2-1-3-13(11)14/h1-10H,15-16H2/b9-7+,10-8+. The van der Waals surface area contributed by atoms with Crippen molar-refractivity contribution in [2.75, 3.05) is 0 Å². The molecule has 4 N–H and O–H groups in total. The van der Waals surface area contributed by atoms with E-state index in [1.54, 1.807) is 12.4 Å². The maximum Gasteiger partial charge on any atom is -0.00561 e. The fraction of sp³-hybridized carbons (Fsp3) is 0. The topological polar surface area (TPSA) is 52.0 Å². The lowest BCUT2D eigenvalue weighted by Crippen LogP contribution is -1.85. The van der Waals surface area contributed by atoms with Gasteiger partial charge in [0.05, 0.1) is 0 Å². The quantitative estimate of drug-likeness (QED) is 0.800. The van der Waals surface area contributed by atoms with Crippen LogP contribution in [0.1, 0.15) is 11.1 Å². The van der Waals surface area contributed by atoms with Crippen LogP contribution in [-0.4, -0.2) is 0 Å². The van der Waals surface area contributed by atoms with Crippen molar-refractivity contribution in [3.63, 3.8) is 0 Å². The highest BCUT2D eigenvalue weighted by Crippen LogP contribution is 2.24. The molecule has 0 radical (unpaired) electrons. The average molecular weight is 210 g/mol. The van der Waals surface area contributed by atoms with Crippen LogP contribution in [0.15, 0.2) is 48.8 Å². The van der Waals surface area contributed by atoms with Crippen molar-refractivity contribution in [2.45, 2.75) is 0 Å². The lowest BCUT2D eigenvalue weighted by Gasteiger charge is -2.05. The van der Waals surface area contributed by atoms with Gasteiger partial charge in [-0.25, -0.2) is 0 Å². The Bertz CT molecular complexity index is 503. The Morgan fingerprint density at radius 1 is 0.688 bits per heavy atom. The molecule has 0 unspecified atom stereocenters. The summed E-state index contributed by atoms with van der Waals surface area (Å²) >= 11 is 0. The molecule has 0 atom stereocenters. The van der Waals surface area contributed by atoms with Crippen molar-refractivity contribution >= 4 is 22.9 Å². The zero-order chi connectivity index (χ0) is 11.4. The first-order chi connectivity index (χ1) is 7.86. The molecule has 2 rings (SSSR count). The van der Waals surface area contributed by atoms with Crippen molar-refractivity contribution in [1.82, 2.24) is 0 Å². The average Bonchev–Trinajstić information content (AvgIpc) is 2.33. The third-order valence-corrected chi connectivity index (χ3v) is 2.54. The minimum atomic E-state index is 1.12. The fourth-order valence-corrected chi connectivity index (χ4v) is 1.84. The van der Waals surface area contributed by atoms with Crippen molar-refractivity contribution in [3.8, 4) is 0 Å². The monoisotopic (exact) mass is 210 g/mol. The van der Waals surface area contributed by atoms with Crippen LogP contribution in [0.3, 0.4) is 0 Å². The van der Waals surface area contributed by atoms with Gasteiger partial charge >= 0.3 is 0 Å². The molecule has 0 saturated heterocycles. The zero-order valence-corrected chi connectivity index (χ0v) is 8.93. The largest absolute Gasteiger partial charge is 0.405 e. The van der Waals surface area contributed by atoms with E-state index < -0.39 is 0 Å². The van der Waals surface area contributed by atoms with Crippen LogP contribution in [0.4, 0.5) is 0 Å². The van der Waals surface area contributed by atoms with Crippen LogP contribution in [0.5, 0.6) is 0 Å². The molecule has 2 heteroatoms. The zero-order valence-electron chi connectivity index (χ0n) is 8.93. The first-order valence-electron chi connectivity index (χ1n) is 5.15. The minimum Gasteiger partial charge on any atom is -0.405 e. The first kappa shape index (κ1) is 10.3. The molecule has 0 spiro atoms. The van der Waals surface area contributed by atoms with Gasteiger partial charge in [-0.05, 0) is 46.5 Å². The molecule has 0 saturated carbocycles. The lowest BCUT2D eigenvalue weighted by molar-refractivity contribution is 1.60. The Labute approximate surface area is 94.9 Å². The van der Waals surface area contributed by atoms with Gasteiger partial charge in [-0.3, -0.25) is 0 Å². The van der Waals surface area contributed by atoms with E-state index in [-0.39, 0.29) is 0 Å². The third-order valence-electron chi connectivity index (χ3n) is 2.54. The molecule has 0 heterocycles. The van der Waals surface area contributed by atoms with Gasteiger partial charge in [0.25, 0.3) is 0 Å². The molecule has 0 aliphatic heterocycles. The van der Waals surface area contributed by atoms with E-state index in [0.29, 0.717) is 0 Å². The predicted octanol–water partition coefficient (Wildman–Crippen LogP) is 2.70. The molecule has 80 valence electrons. The number of hydrogen-bond acceptors (Lipinski definition) is 2. The van der Waals surface area contributed by atoms with Gasteiger partial charge < -0.3 is 11.5 Å². The van der Waals surface area contributed by atoms with E-state index in [0.717, 1.165) is 11.1 Å². The summed E-state index contributed by atoms with van der Waals surface area (Å²) in [5.41, 5.74) is 13.1. The Kier molecular flexibility index (Phi) is 2.92. The summed E-state index contributed by atoms with van der Waals surface area (Å²) in [4.78, 5) is 0. The number of nitrogens with two attached hydrogens (primary N) is 2. The maximum absolute atomic E-state index is 5.43. The van der Waals surface area contributed by atoms with E-state index in [2.05, 4.69) is 12.1 Å². The van der Waals surface area contributed by atoms with Gasteiger partial charge in [-0.15, -0.1) is 0 Å². The van der Waals surface area contributed by atoms with Crippen LogP contribution in [-0.2, 0) is 0 Å². The Morgan fingerprint density at radius 2 is 1.12 bits per heavy atom. The van der Waals surface area contributed by atoms with Crippen LogP contribution >= 0.6 is 0 Å². The highest BCUT2D eigenvalue weighted by atomic mass is 14.5. The van der Waals surface area contributed by atoms with Crippen molar-refractivity contribution in [2.24, 2.45) is 11.5 Å². The van der Waals surface area contributed by atoms with Gasteiger partial charge in [-0.1, -0.05) is 36.4 Å². The van der Waals surface area contributed by atoms with E-state index in [4.69, 9.17) is 11.5 Å². The summed E-state index contributed by atoms with van der Waals surface area (Å²) in [7, 11) is 0. The predicted molar refractivity (Wildman–Crippen MR) is 70.4 cm³/mol. The summed E-state index contributed by atoms with van der Waals surface area (Å²) < 4.78 is 0. The first-order valence-corrected chi connectivity index (χ1v) is 5.15. The second kappa shape index (κ2) is 4.53. The Hall–Kier alpha value is -2.22. The molecule has 16 heavy (non-hydrogen) atoms. The molecular formula is C14H14N2. The van der Waals surface area contributed by atoms with E-state index in [9.17, 15) is 0 Å². The molecular weight excluding hydrogens is 196 g/mol.